The number of nitrogens with zero attached hydrogens (tertiary/aromatic N) is 2. The molecule has 1 aliphatic heterocycles. The summed E-state index contributed by atoms with van der Waals surface area (Å²) in [5, 5.41) is 3.39. The van der Waals surface area contributed by atoms with E-state index >= 15 is 0 Å². The van der Waals surface area contributed by atoms with Crippen LogP contribution in [0.3, 0.4) is 0 Å². The lowest BCUT2D eigenvalue weighted by Gasteiger charge is -2.16. The van der Waals surface area contributed by atoms with Gasteiger partial charge in [0.2, 0.25) is 5.91 Å². The highest BCUT2D eigenvalue weighted by Crippen LogP contribution is 2.31. The molecule has 0 aromatic heterocycles. The Labute approximate surface area is 178 Å². The van der Waals surface area contributed by atoms with Gasteiger partial charge in [0.1, 0.15) is 18.0 Å². The van der Waals surface area contributed by atoms with Crippen molar-refractivity contribution >= 4 is 46.2 Å². The number of para-hydroxylation sites is 1. The van der Waals surface area contributed by atoms with Crippen molar-refractivity contribution in [3.63, 3.8) is 0 Å². The number of amides is 2. The molecule has 1 N–H and O–H groups in total. The summed E-state index contributed by atoms with van der Waals surface area (Å²) in [6.45, 7) is -0.132. The van der Waals surface area contributed by atoms with E-state index in [4.69, 9.17) is 16.3 Å². The molecule has 30 heavy (non-hydrogen) atoms. The summed E-state index contributed by atoms with van der Waals surface area (Å²) >= 11 is 5.93. The van der Waals surface area contributed by atoms with Crippen LogP contribution in [0.4, 0.5) is 17.1 Å². The number of methoxy groups -OCH3 is 1. The van der Waals surface area contributed by atoms with Gasteiger partial charge in [-0.25, -0.2) is 4.99 Å². The molecule has 0 saturated carbocycles. The molecule has 4 rings (SSSR count). The van der Waals surface area contributed by atoms with Gasteiger partial charge in [0.25, 0.3) is 5.91 Å². The molecule has 0 atom stereocenters. The molecule has 2 amide bonds. The Hall–Kier alpha value is -3.64. The number of ether oxygens (including phenoxy) is 1. The molecule has 3 aromatic rings. The van der Waals surface area contributed by atoms with Crippen LogP contribution in [0.15, 0.2) is 77.8 Å². The number of benzene rings is 3. The summed E-state index contributed by atoms with van der Waals surface area (Å²) in [5.41, 5.74) is 2.83. The third-order valence-electron chi connectivity index (χ3n) is 4.62. The fourth-order valence-electron chi connectivity index (χ4n) is 3.22. The Balaban J connectivity index is 1.58. The third kappa shape index (κ3) is 4.04. The van der Waals surface area contributed by atoms with Gasteiger partial charge in [-0.3, -0.25) is 14.5 Å². The topological polar surface area (TPSA) is 71.0 Å². The van der Waals surface area contributed by atoms with Crippen molar-refractivity contribution in [2.24, 2.45) is 4.99 Å². The first-order chi connectivity index (χ1) is 14.5. The van der Waals surface area contributed by atoms with Crippen LogP contribution in [0.5, 0.6) is 5.75 Å². The van der Waals surface area contributed by atoms with E-state index in [1.165, 1.54) is 4.90 Å². The maximum Gasteiger partial charge on any atom is 0.278 e. The Kier molecular flexibility index (Phi) is 5.50. The minimum atomic E-state index is -0.327. The molecule has 0 aliphatic carbocycles. The third-order valence-corrected chi connectivity index (χ3v) is 4.87. The van der Waals surface area contributed by atoms with Gasteiger partial charge in [0, 0.05) is 22.3 Å². The smallest absolute Gasteiger partial charge is 0.278 e. The van der Waals surface area contributed by atoms with Crippen molar-refractivity contribution in [1.29, 1.82) is 0 Å². The largest absolute Gasteiger partial charge is 0.497 e. The van der Waals surface area contributed by atoms with Crippen molar-refractivity contribution < 1.29 is 14.3 Å². The minimum absolute atomic E-state index is 0.132. The number of fused-ring (bicyclic) bond motifs is 1. The van der Waals surface area contributed by atoms with Gasteiger partial charge in [-0.05, 0) is 42.5 Å². The van der Waals surface area contributed by atoms with Crippen LogP contribution >= 0.6 is 11.6 Å². The number of halogens is 1. The van der Waals surface area contributed by atoms with Gasteiger partial charge in [0.15, 0.2) is 0 Å². The van der Waals surface area contributed by atoms with E-state index in [1.807, 2.05) is 18.2 Å². The average Bonchev–Trinajstić information content (AvgIpc) is 3.01. The van der Waals surface area contributed by atoms with E-state index in [-0.39, 0.29) is 18.4 Å². The van der Waals surface area contributed by atoms with E-state index in [0.717, 1.165) is 0 Å². The fourth-order valence-corrected chi connectivity index (χ4v) is 3.34. The van der Waals surface area contributed by atoms with Gasteiger partial charge in [-0.2, -0.15) is 0 Å². The highest BCUT2D eigenvalue weighted by atomic mass is 35.5. The molecule has 1 aliphatic rings. The molecule has 0 saturated heterocycles. The number of carbonyl (C=O) groups excluding carboxylic acids is 2. The quantitative estimate of drug-likeness (QED) is 0.664. The summed E-state index contributed by atoms with van der Waals surface area (Å²) in [7, 11) is 1.56. The van der Waals surface area contributed by atoms with Gasteiger partial charge in [0.05, 0.1) is 18.5 Å². The van der Waals surface area contributed by atoms with E-state index < -0.39 is 0 Å². The molecule has 1 heterocycles. The predicted molar refractivity (Wildman–Crippen MR) is 118 cm³/mol. The van der Waals surface area contributed by atoms with Crippen LogP contribution in [0.1, 0.15) is 5.56 Å². The number of anilines is 2. The van der Waals surface area contributed by atoms with E-state index in [2.05, 4.69) is 10.3 Å². The van der Waals surface area contributed by atoms with Crippen LogP contribution in [0.2, 0.25) is 5.02 Å². The van der Waals surface area contributed by atoms with Crippen molar-refractivity contribution in [3.8, 4) is 5.75 Å². The van der Waals surface area contributed by atoms with E-state index in [1.54, 1.807) is 61.7 Å². The van der Waals surface area contributed by atoms with Crippen LogP contribution in [0, 0.1) is 0 Å². The summed E-state index contributed by atoms with van der Waals surface area (Å²) in [6, 6.07) is 21.2. The zero-order valence-corrected chi connectivity index (χ0v) is 16.9. The maximum absolute atomic E-state index is 13.1. The molecular weight excluding hydrogens is 402 g/mol. The van der Waals surface area contributed by atoms with Crippen LogP contribution in [-0.2, 0) is 9.59 Å². The zero-order valence-electron chi connectivity index (χ0n) is 16.1. The van der Waals surface area contributed by atoms with Crippen LogP contribution < -0.4 is 15.0 Å². The maximum atomic E-state index is 13.1. The Bertz CT molecular complexity index is 1140. The number of carbonyl (C=O) groups is 2. The number of nitrogens with one attached hydrogen (secondary N) is 1. The first kappa shape index (κ1) is 19.7. The summed E-state index contributed by atoms with van der Waals surface area (Å²) < 4.78 is 5.17. The van der Waals surface area contributed by atoms with Crippen LogP contribution in [-0.4, -0.2) is 31.2 Å². The molecule has 7 heteroatoms. The number of hydrogen-bond donors (Lipinski definition) is 1. The normalized spacial score (nSPS) is 14.0. The molecule has 0 radical (unpaired) electrons. The van der Waals surface area contributed by atoms with Crippen molar-refractivity contribution in [3.05, 3.63) is 83.4 Å². The molecule has 3 aromatic carbocycles. The Morgan fingerprint density at radius 1 is 1.07 bits per heavy atom. The highest BCUT2D eigenvalue weighted by molar-refractivity contribution is 6.55. The lowest BCUT2D eigenvalue weighted by molar-refractivity contribution is -0.118. The van der Waals surface area contributed by atoms with Gasteiger partial charge < -0.3 is 10.1 Å². The van der Waals surface area contributed by atoms with Crippen molar-refractivity contribution in [2.75, 3.05) is 23.9 Å². The Morgan fingerprint density at radius 2 is 1.83 bits per heavy atom. The molecule has 150 valence electrons. The van der Waals surface area contributed by atoms with Gasteiger partial charge in [-0.1, -0.05) is 35.9 Å². The summed E-state index contributed by atoms with van der Waals surface area (Å²) in [4.78, 5) is 31.7. The lowest BCUT2D eigenvalue weighted by atomic mass is 10.1. The monoisotopic (exact) mass is 419 g/mol. The van der Waals surface area contributed by atoms with Gasteiger partial charge >= 0.3 is 0 Å². The van der Waals surface area contributed by atoms with Crippen molar-refractivity contribution in [1.82, 2.24) is 0 Å². The molecular formula is C23H18ClN3O3. The van der Waals surface area contributed by atoms with Gasteiger partial charge in [-0.15, -0.1) is 0 Å². The highest BCUT2D eigenvalue weighted by Gasteiger charge is 2.34. The number of rotatable bonds is 5. The zero-order chi connectivity index (χ0) is 21.1. The number of hydrogen-bond acceptors (Lipinski definition) is 4. The summed E-state index contributed by atoms with van der Waals surface area (Å²) in [6.07, 6.45) is 0. The second-order valence-electron chi connectivity index (χ2n) is 6.63. The SMILES string of the molecule is COc1cccc(NC(=O)CN2C(=O)C(=Nc3ccc(Cl)cc3)c3ccccc32)c1. The van der Waals surface area contributed by atoms with E-state index in [9.17, 15) is 9.59 Å². The lowest BCUT2D eigenvalue weighted by Crippen LogP contribution is -2.37. The number of aliphatic imine (C=N–C) groups is 1. The first-order valence-electron chi connectivity index (χ1n) is 9.24. The first-order valence-corrected chi connectivity index (χ1v) is 9.62. The molecule has 0 unspecified atom stereocenters. The molecule has 0 fully saturated rings. The van der Waals surface area contributed by atoms with Crippen molar-refractivity contribution in [2.45, 2.75) is 0 Å². The van der Waals surface area contributed by atoms with Crippen LogP contribution in [0.25, 0.3) is 0 Å². The second kappa shape index (κ2) is 8.39. The minimum Gasteiger partial charge on any atom is -0.497 e. The molecule has 6 nitrogen and oxygen atoms in total. The fraction of sp³-hybridized carbons (Fsp3) is 0.0870. The second-order valence-corrected chi connectivity index (χ2v) is 7.06. The molecule has 0 bridgehead atoms. The standard InChI is InChI=1S/C23H18ClN3O3/c1-30-18-6-4-5-17(13-18)25-21(28)14-27-20-8-3-2-7-19(20)22(23(27)29)26-16-11-9-15(24)10-12-16/h2-13H,14H2,1H3,(H,25,28). The predicted octanol–water partition coefficient (Wildman–Crippen LogP) is 4.45. The average molecular weight is 420 g/mol. The Morgan fingerprint density at radius 3 is 2.60 bits per heavy atom. The molecule has 0 spiro atoms. The van der Waals surface area contributed by atoms with E-state index in [0.29, 0.717) is 39.1 Å². The summed E-state index contributed by atoms with van der Waals surface area (Å²) in [5.74, 6) is -0.0149.